The summed E-state index contributed by atoms with van der Waals surface area (Å²) in [4.78, 5) is 0. The molecule has 0 bridgehead atoms. The minimum Gasteiger partial charge on any atom is -0.504 e. The number of phenols is 2. The van der Waals surface area contributed by atoms with Crippen molar-refractivity contribution in [2.24, 2.45) is 11.8 Å². The first-order valence-electron chi connectivity index (χ1n) is 7.32. The molecule has 3 nitrogen and oxygen atoms in total. The van der Waals surface area contributed by atoms with Gasteiger partial charge in [-0.05, 0) is 30.7 Å². The van der Waals surface area contributed by atoms with Gasteiger partial charge < -0.3 is 15.5 Å². The largest absolute Gasteiger partial charge is 0.504 e. The van der Waals surface area contributed by atoms with Gasteiger partial charge in [0.25, 0.3) is 0 Å². The molecule has 1 aromatic carbocycles. The zero-order chi connectivity index (χ0) is 13.8. The second kappa shape index (κ2) is 6.29. The topological polar surface area (TPSA) is 52.5 Å². The molecule has 2 rings (SSSR count). The van der Waals surface area contributed by atoms with E-state index in [0.717, 1.165) is 5.56 Å². The fraction of sp³-hybridized carbons (Fsp3) is 0.625. The standard InChI is InChI=1S/C16H25NO2/c1-11(2)13-7-3-4-8-14(13)17-10-12-6-5-9-15(18)16(12)19/h5-6,9,11,13-14,17-19H,3-4,7-8,10H2,1-2H3. The molecule has 1 fully saturated rings. The van der Waals surface area contributed by atoms with Crippen molar-refractivity contribution in [1.29, 1.82) is 0 Å². The Balaban J connectivity index is 1.98. The molecule has 0 aromatic heterocycles. The van der Waals surface area contributed by atoms with Gasteiger partial charge >= 0.3 is 0 Å². The van der Waals surface area contributed by atoms with Crippen LogP contribution in [0.1, 0.15) is 45.1 Å². The molecule has 1 saturated carbocycles. The first-order chi connectivity index (χ1) is 9.09. The van der Waals surface area contributed by atoms with E-state index in [4.69, 9.17) is 0 Å². The summed E-state index contributed by atoms with van der Waals surface area (Å²) in [6.07, 6.45) is 5.12. The van der Waals surface area contributed by atoms with Crippen LogP contribution in [-0.4, -0.2) is 16.3 Å². The Bertz CT molecular complexity index is 417. The first-order valence-corrected chi connectivity index (χ1v) is 7.32. The Morgan fingerprint density at radius 2 is 1.95 bits per heavy atom. The minimum atomic E-state index is -0.0386. The zero-order valence-corrected chi connectivity index (χ0v) is 11.9. The van der Waals surface area contributed by atoms with Crippen LogP contribution >= 0.6 is 0 Å². The molecule has 2 unspecified atom stereocenters. The van der Waals surface area contributed by atoms with E-state index in [1.807, 2.05) is 6.07 Å². The first kappa shape index (κ1) is 14.2. The summed E-state index contributed by atoms with van der Waals surface area (Å²) in [6.45, 7) is 5.20. The quantitative estimate of drug-likeness (QED) is 0.730. The Labute approximate surface area is 115 Å². The van der Waals surface area contributed by atoms with Gasteiger partial charge in [-0.3, -0.25) is 0 Å². The molecule has 0 radical (unpaired) electrons. The highest BCUT2D eigenvalue weighted by molar-refractivity contribution is 5.44. The lowest BCUT2D eigenvalue weighted by atomic mass is 9.78. The maximum absolute atomic E-state index is 9.81. The van der Waals surface area contributed by atoms with Crippen LogP contribution in [0.4, 0.5) is 0 Å². The molecule has 0 amide bonds. The van der Waals surface area contributed by atoms with E-state index in [1.54, 1.807) is 6.07 Å². The third kappa shape index (κ3) is 3.41. The highest BCUT2D eigenvalue weighted by Gasteiger charge is 2.27. The Hall–Kier alpha value is -1.22. The van der Waals surface area contributed by atoms with Gasteiger partial charge in [-0.1, -0.05) is 38.8 Å². The summed E-state index contributed by atoms with van der Waals surface area (Å²) >= 11 is 0. The molecule has 0 spiro atoms. The molecular formula is C16H25NO2. The summed E-state index contributed by atoms with van der Waals surface area (Å²) in [5.41, 5.74) is 0.771. The molecule has 19 heavy (non-hydrogen) atoms. The number of hydrogen-bond donors (Lipinski definition) is 3. The molecule has 1 aromatic rings. The van der Waals surface area contributed by atoms with Gasteiger partial charge in [0, 0.05) is 18.2 Å². The van der Waals surface area contributed by atoms with Gasteiger partial charge in [-0.15, -0.1) is 0 Å². The fourth-order valence-corrected chi connectivity index (χ4v) is 3.17. The summed E-state index contributed by atoms with van der Waals surface area (Å²) in [5, 5.41) is 22.9. The van der Waals surface area contributed by atoms with E-state index >= 15 is 0 Å². The number of hydrogen-bond acceptors (Lipinski definition) is 3. The van der Waals surface area contributed by atoms with E-state index in [-0.39, 0.29) is 11.5 Å². The van der Waals surface area contributed by atoms with Gasteiger partial charge in [0.1, 0.15) is 0 Å². The molecule has 2 atom stereocenters. The maximum Gasteiger partial charge on any atom is 0.161 e. The molecule has 1 aliphatic carbocycles. The lowest BCUT2D eigenvalue weighted by Crippen LogP contribution is -2.40. The number of aromatic hydroxyl groups is 2. The van der Waals surface area contributed by atoms with Crippen molar-refractivity contribution in [1.82, 2.24) is 5.32 Å². The van der Waals surface area contributed by atoms with Crippen LogP contribution in [0.5, 0.6) is 11.5 Å². The Morgan fingerprint density at radius 1 is 1.21 bits per heavy atom. The van der Waals surface area contributed by atoms with E-state index in [2.05, 4.69) is 19.2 Å². The normalized spacial score (nSPS) is 23.7. The SMILES string of the molecule is CC(C)C1CCCCC1NCc1cccc(O)c1O. The van der Waals surface area contributed by atoms with Crippen molar-refractivity contribution < 1.29 is 10.2 Å². The van der Waals surface area contributed by atoms with Crippen LogP contribution in [0.3, 0.4) is 0 Å². The van der Waals surface area contributed by atoms with Gasteiger partial charge in [-0.2, -0.15) is 0 Å². The third-order valence-electron chi connectivity index (χ3n) is 4.33. The predicted octanol–water partition coefficient (Wildman–Crippen LogP) is 3.40. The number of benzene rings is 1. The lowest BCUT2D eigenvalue weighted by molar-refractivity contribution is 0.204. The summed E-state index contributed by atoms with van der Waals surface area (Å²) in [7, 11) is 0. The summed E-state index contributed by atoms with van der Waals surface area (Å²) in [6, 6.07) is 5.66. The molecule has 3 heteroatoms. The van der Waals surface area contributed by atoms with Crippen LogP contribution in [0.25, 0.3) is 0 Å². The molecule has 3 N–H and O–H groups in total. The third-order valence-corrected chi connectivity index (χ3v) is 4.33. The Morgan fingerprint density at radius 3 is 2.68 bits per heavy atom. The molecule has 0 heterocycles. The lowest BCUT2D eigenvalue weighted by Gasteiger charge is -2.35. The molecular weight excluding hydrogens is 238 g/mol. The van der Waals surface area contributed by atoms with E-state index < -0.39 is 0 Å². The molecule has 0 aliphatic heterocycles. The molecule has 0 saturated heterocycles. The maximum atomic E-state index is 9.81. The molecule has 1 aliphatic rings. The van der Waals surface area contributed by atoms with Crippen LogP contribution < -0.4 is 5.32 Å². The average Bonchev–Trinajstić information content (AvgIpc) is 2.40. The van der Waals surface area contributed by atoms with E-state index in [0.29, 0.717) is 24.4 Å². The van der Waals surface area contributed by atoms with Crippen LogP contribution in [0.15, 0.2) is 18.2 Å². The van der Waals surface area contributed by atoms with Crippen molar-refractivity contribution >= 4 is 0 Å². The second-order valence-corrected chi connectivity index (χ2v) is 5.96. The number of para-hydroxylation sites is 1. The monoisotopic (exact) mass is 263 g/mol. The van der Waals surface area contributed by atoms with Crippen molar-refractivity contribution in [3.05, 3.63) is 23.8 Å². The summed E-state index contributed by atoms with van der Waals surface area (Å²) in [5.74, 6) is 1.37. The van der Waals surface area contributed by atoms with Gasteiger partial charge in [0.05, 0.1) is 0 Å². The summed E-state index contributed by atoms with van der Waals surface area (Å²) < 4.78 is 0. The minimum absolute atomic E-state index is 0.00639. The van der Waals surface area contributed by atoms with E-state index in [9.17, 15) is 10.2 Å². The Kier molecular flexibility index (Phi) is 4.70. The van der Waals surface area contributed by atoms with Crippen LogP contribution in [-0.2, 0) is 6.54 Å². The van der Waals surface area contributed by atoms with Crippen LogP contribution in [0.2, 0.25) is 0 Å². The highest BCUT2D eigenvalue weighted by atomic mass is 16.3. The molecule has 106 valence electrons. The van der Waals surface area contributed by atoms with Crippen molar-refractivity contribution in [2.75, 3.05) is 0 Å². The number of phenolic OH excluding ortho intramolecular Hbond substituents is 2. The van der Waals surface area contributed by atoms with Gasteiger partial charge in [0.2, 0.25) is 0 Å². The smallest absolute Gasteiger partial charge is 0.161 e. The number of rotatable bonds is 4. The fourth-order valence-electron chi connectivity index (χ4n) is 3.17. The zero-order valence-electron chi connectivity index (χ0n) is 11.9. The highest BCUT2D eigenvalue weighted by Crippen LogP contribution is 2.32. The van der Waals surface area contributed by atoms with Crippen LogP contribution in [0, 0.1) is 11.8 Å². The van der Waals surface area contributed by atoms with E-state index in [1.165, 1.54) is 31.7 Å². The average molecular weight is 263 g/mol. The number of nitrogens with one attached hydrogen (secondary N) is 1. The van der Waals surface area contributed by atoms with Crippen molar-refractivity contribution in [3.8, 4) is 11.5 Å². The van der Waals surface area contributed by atoms with Gasteiger partial charge in [0.15, 0.2) is 11.5 Å². The van der Waals surface area contributed by atoms with Crippen molar-refractivity contribution in [2.45, 2.75) is 52.1 Å². The predicted molar refractivity (Wildman–Crippen MR) is 77.2 cm³/mol. The van der Waals surface area contributed by atoms with Crippen molar-refractivity contribution in [3.63, 3.8) is 0 Å². The second-order valence-electron chi connectivity index (χ2n) is 5.96. The van der Waals surface area contributed by atoms with Gasteiger partial charge in [-0.25, -0.2) is 0 Å².